The summed E-state index contributed by atoms with van der Waals surface area (Å²) in [4.78, 5) is 26.5. The fourth-order valence-corrected chi connectivity index (χ4v) is 6.58. The van der Waals surface area contributed by atoms with Crippen molar-refractivity contribution in [2.45, 2.75) is 16.1 Å². The molecule has 1 aliphatic heterocycles. The molecule has 0 unspecified atom stereocenters. The third-order valence-corrected chi connectivity index (χ3v) is 7.72. The number of carboxylic acid groups (broad SMARTS) is 1. The Morgan fingerprint density at radius 2 is 1.48 bits per heavy atom. The molecule has 0 aliphatic carbocycles. The second-order valence-electron chi connectivity index (χ2n) is 6.96. The molecule has 0 saturated carbocycles. The van der Waals surface area contributed by atoms with E-state index in [2.05, 4.69) is 17.5 Å². The van der Waals surface area contributed by atoms with Crippen LogP contribution in [0.3, 0.4) is 0 Å². The molecule has 0 amide bonds. The Morgan fingerprint density at radius 1 is 0.793 bits per heavy atom. The molecule has 0 saturated heterocycles. The molecule has 5 rings (SSSR count). The summed E-state index contributed by atoms with van der Waals surface area (Å²) in [5.74, 6) is -1.64. The van der Waals surface area contributed by atoms with E-state index in [0.717, 1.165) is 21.4 Å². The Hall–Kier alpha value is -2.89. The van der Waals surface area contributed by atoms with E-state index in [1.807, 2.05) is 36.4 Å². The van der Waals surface area contributed by atoms with Gasteiger partial charge in [-0.15, -0.1) is 23.1 Å². The second kappa shape index (κ2) is 7.17. The Bertz CT molecular complexity index is 1260. The average Bonchev–Trinajstić information content (AvgIpc) is 3.34. The highest BCUT2D eigenvalue weighted by atomic mass is 32.2. The van der Waals surface area contributed by atoms with Gasteiger partial charge in [0.2, 0.25) is 0 Å². The van der Waals surface area contributed by atoms with Crippen LogP contribution in [0.25, 0.3) is 10.1 Å². The molecule has 1 aromatic heterocycles. The minimum atomic E-state index is -1.08. The van der Waals surface area contributed by atoms with Gasteiger partial charge in [-0.2, -0.15) is 0 Å². The minimum Gasteiger partial charge on any atom is -0.478 e. The Labute approximate surface area is 176 Å². The van der Waals surface area contributed by atoms with Crippen molar-refractivity contribution in [3.63, 3.8) is 0 Å². The minimum absolute atomic E-state index is 0.0563. The third-order valence-electron chi connectivity index (χ3n) is 5.33. The Kier molecular flexibility index (Phi) is 4.49. The summed E-state index contributed by atoms with van der Waals surface area (Å²) >= 11 is 3.37. The monoisotopic (exact) mass is 416 g/mol. The van der Waals surface area contributed by atoms with Crippen LogP contribution < -0.4 is 0 Å². The van der Waals surface area contributed by atoms with E-state index in [1.54, 1.807) is 41.3 Å². The van der Waals surface area contributed by atoms with Crippen LogP contribution in [0.2, 0.25) is 0 Å². The van der Waals surface area contributed by atoms with Gasteiger partial charge >= 0.3 is 5.97 Å². The fraction of sp³-hybridized carbons (Fsp3) is 0.0833. The molecule has 1 aliphatic rings. The van der Waals surface area contributed by atoms with Gasteiger partial charge in [-0.05, 0) is 40.1 Å². The van der Waals surface area contributed by atoms with Crippen molar-refractivity contribution in [1.29, 1.82) is 0 Å². The van der Waals surface area contributed by atoms with Crippen LogP contribution in [-0.2, 0) is 0 Å². The SMILES string of the molecule is O=C(O)c1ccccc1C(=O)[C@H]1c2ccccc2S[C@@H]1c1csc2ccccc12. The molecule has 29 heavy (non-hydrogen) atoms. The van der Waals surface area contributed by atoms with Crippen molar-refractivity contribution in [3.8, 4) is 0 Å². The first-order chi connectivity index (χ1) is 14.1. The summed E-state index contributed by atoms with van der Waals surface area (Å²) in [6.07, 6.45) is 0. The maximum atomic E-state index is 13.7. The van der Waals surface area contributed by atoms with E-state index in [4.69, 9.17) is 0 Å². The number of ketones is 1. The Balaban J connectivity index is 1.67. The number of thiophene rings is 1. The molecule has 3 aromatic carbocycles. The van der Waals surface area contributed by atoms with Gasteiger partial charge in [0, 0.05) is 15.2 Å². The number of carbonyl (C=O) groups excluding carboxylic acids is 1. The van der Waals surface area contributed by atoms with Crippen molar-refractivity contribution in [2.75, 3.05) is 0 Å². The Morgan fingerprint density at radius 3 is 2.31 bits per heavy atom. The van der Waals surface area contributed by atoms with E-state index in [1.165, 1.54) is 10.8 Å². The quantitative estimate of drug-likeness (QED) is 0.390. The first kappa shape index (κ1) is 18.2. The number of carbonyl (C=O) groups is 2. The lowest BCUT2D eigenvalue weighted by Crippen LogP contribution is -2.18. The van der Waals surface area contributed by atoms with Gasteiger partial charge in [0.1, 0.15) is 0 Å². The molecule has 2 atom stereocenters. The van der Waals surface area contributed by atoms with Gasteiger partial charge in [-0.1, -0.05) is 54.6 Å². The molecule has 0 radical (unpaired) electrons. The van der Waals surface area contributed by atoms with E-state index >= 15 is 0 Å². The van der Waals surface area contributed by atoms with Crippen molar-refractivity contribution >= 4 is 44.9 Å². The van der Waals surface area contributed by atoms with Crippen LogP contribution in [0.15, 0.2) is 83.1 Å². The highest BCUT2D eigenvalue weighted by molar-refractivity contribution is 8.00. The first-order valence-electron chi connectivity index (χ1n) is 9.23. The summed E-state index contributed by atoms with van der Waals surface area (Å²) in [7, 11) is 0. The molecular weight excluding hydrogens is 400 g/mol. The van der Waals surface area contributed by atoms with E-state index in [0.29, 0.717) is 0 Å². The fourth-order valence-electron chi connectivity index (χ4n) is 4.01. The number of Topliss-reactive ketones (excluding diaryl/α,β-unsaturated/α-hetero) is 1. The van der Waals surface area contributed by atoms with Crippen LogP contribution in [0, 0.1) is 0 Å². The number of thioether (sulfide) groups is 1. The third kappa shape index (κ3) is 2.98. The van der Waals surface area contributed by atoms with Crippen LogP contribution in [0.5, 0.6) is 0 Å². The van der Waals surface area contributed by atoms with Crippen molar-refractivity contribution < 1.29 is 14.7 Å². The van der Waals surface area contributed by atoms with Gasteiger partial charge in [0.05, 0.1) is 16.7 Å². The second-order valence-corrected chi connectivity index (χ2v) is 9.05. The van der Waals surface area contributed by atoms with E-state index in [9.17, 15) is 14.7 Å². The summed E-state index contributed by atoms with van der Waals surface area (Å²) < 4.78 is 1.19. The summed E-state index contributed by atoms with van der Waals surface area (Å²) in [6, 6.07) is 22.7. The van der Waals surface area contributed by atoms with E-state index < -0.39 is 11.9 Å². The number of benzene rings is 3. The van der Waals surface area contributed by atoms with Crippen LogP contribution >= 0.6 is 23.1 Å². The first-order valence-corrected chi connectivity index (χ1v) is 11.0. The van der Waals surface area contributed by atoms with Gasteiger partial charge in [-0.3, -0.25) is 4.79 Å². The maximum absolute atomic E-state index is 13.7. The molecular formula is C24H16O3S2. The summed E-state index contributed by atoms with van der Waals surface area (Å²) in [5, 5.41) is 12.8. The summed E-state index contributed by atoms with van der Waals surface area (Å²) in [5.41, 5.74) is 2.44. The van der Waals surface area contributed by atoms with Gasteiger partial charge in [0.15, 0.2) is 5.78 Å². The van der Waals surface area contributed by atoms with E-state index in [-0.39, 0.29) is 22.2 Å². The van der Waals surface area contributed by atoms with Crippen LogP contribution in [-0.4, -0.2) is 16.9 Å². The molecule has 2 heterocycles. The molecule has 1 N–H and O–H groups in total. The van der Waals surface area contributed by atoms with Crippen molar-refractivity contribution in [1.82, 2.24) is 0 Å². The largest absolute Gasteiger partial charge is 0.478 e. The lowest BCUT2D eigenvalue weighted by Gasteiger charge is -2.19. The average molecular weight is 417 g/mol. The van der Waals surface area contributed by atoms with Gasteiger partial charge in [0.25, 0.3) is 0 Å². The molecule has 0 bridgehead atoms. The predicted octanol–water partition coefficient (Wildman–Crippen LogP) is 6.41. The number of aromatic carboxylic acids is 1. The molecule has 0 spiro atoms. The molecule has 4 aromatic rings. The normalized spacial score (nSPS) is 17.9. The number of hydrogen-bond acceptors (Lipinski definition) is 4. The highest BCUT2D eigenvalue weighted by Crippen LogP contribution is 2.57. The molecule has 5 heteroatoms. The van der Waals surface area contributed by atoms with Gasteiger partial charge < -0.3 is 5.11 Å². The smallest absolute Gasteiger partial charge is 0.336 e. The highest BCUT2D eigenvalue weighted by Gasteiger charge is 2.41. The number of rotatable bonds is 4. The summed E-state index contributed by atoms with van der Waals surface area (Å²) in [6.45, 7) is 0. The van der Waals surface area contributed by atoms with Gasteiger partial charge in [-0.25, -0.2) is 4.79 Å². The molecule has 0 fully saturated rings. The maximum Gasteiger partial charge on any atom is 0.336 e. The zero-order valence-corrected chi connectivity index (χ0v) is 16.9. The zero-order valence-electron chi connectivity index (χ0n) is 15.2. The lowest BCUT2D eigenvalue weighted by atomic mass is 9.84. The number of carboxylic acids is 1. The lowest BCUT2D eigenvalue weighted by molar-refractivity contribution is 0.0691. The zero-order chi connectivity index (χ0) is 20.0. The number of hydrogen-bond donors (Lipinski definition) is 1. The number of fused-ring (bicyclic) bond motifs is 2. The van der Waals surface area contributed by atoms with Crippen LogP contribution in [0.4, 0.5) is 0 Å². The molecule has 3 nitrogen and oxygen atoms in total. The predicted molar refractivity (Wildman–Crippen MR) is 117 cm³/mol. The van der Waals surface area contributed by atoms with Crippen molar-refractivity contribution in [3.05, 3.63) is 100 Å². The molecule has 142 valence electrons. The van der Waals surface area contributed by atoms with Crippen LogP contribution in [0.1, 0.15) is 43.0 Å². The topological polar surface area (TPSA) is 54.4 Å². The van der Waals surface area contributed by atoms with Crippen molar-refractivity contribution in [2.24, 2.45) is 0 Å². The standard InChI is InChI=1S/C24H16O3S2/c25-22(15-8-1-2-9-16(15)24(26)27)21-17-10-4-6-12-20(17)29-23(21)18-13-28-19-11-5-3-7-14(18)19/h1-13,21,23H,(H,26,27)/t21-,23-/m1/s1.